The van der Waals surface area contributed by atoms with E-state index < -0.39 is 0 Å². The van der Waals surface area contributed by atoms with E-state index in [0.29, 0.717) is 5.56 Å². The van der Waals surface area contributed by atoms with Gasteiger partial charge < -0.3 is 0 Å². The van der Waals surface area contributed by atoms with Gasteiger partial charge in [0.1, 0.15) is 0 Å². The van der Waals surface area contributed by atoms with Gasteiger partial charge in [-0.3, -0.25) is 10.1 Å². The van der Waals surface area contributed by atoms with E-state index in [-0.39, 0.29) is 0 Å². The Morgan fingerprint density at radius 1 is 1.25 bits per heavy atom. The molecule has 0 aliphatic heterocycles. The van der Waals surface area contributed by atoms with Gasteiger partial charge in [0.25, 0.3) is 0 Å². The molecule has 4 nitrogen and oxygen atoms in total. The van der Waals surface area contributed by atoms with Gasteiger partial charge in [0, 0.05) is 35.5 Å². The average molecular weight is 258 g/mol. The standard InChI is InChI=1S/C16H10N4/c17-8-10-3-4-13-12(6-10)7-14-15(19-20-16(13)14)11-2-1-5-18-9-11/h1-6,9H,7H2,(H,19,20). The van der Waals surface area contributed by atoms with Crippen LogP contribution in [0.5, 0.6) is 0 Å². The number of H-pyrrole nitrogens is 1. The molecule has 4 heteroatoms. The molecule has 0 saturated heterocycles. The number of fused-ring (bicyclic) bond motifs is 3. The fourth-order valence-corrected chi connectivity index (χ4v) is 2.75. The molecule has 0 saturated carbocycles. The van der Waals surface area contributed by atoms with Crippen LogP contribution in [0.3, 0.4) is 0 Å². The van der Waals surface area contributed by atoms with Crippen molar-refractivity contribution in [2.45, 2.75) is 6.42 Å². The molecule has 4 rings (SSSR count). The summed E-state index contributed by atoms with van der Waals surface area (Å²) < 4.78 is 0. The van der Waals surface area contributed by atoms with E-state index in [0.717, 1.165) is 28.9 Å². The van der Waals surface area contributed by atoms with Gasteiger partial charge in [0.15, 0.2) is 0 Å². The summed E-state index contributed by atoms with van der Waals surface area (Å²) >= 11 is 0. The van der Waals surface area contributed by atoms with Gasteiger partial charge in [-0.15, -0.1) is 0 Å². The van der Waals surface area contributed by atoms with Gasteiger partial charge in [-0.25, -0.2) is 0 Å². The summed E-state index contributed by atoms with van der Waals surface area (Å²) in [7, 11) is 0. The summed E-state index contributed by atoms with van der Waals surface area (Å²) in [6.07, 6.45) is 4.38. The Labute approximate surface area is 115 Å². The second kappa shape index (κ2) is 4.04. The minimum Gasteiger partial charge on any atom is -0.277 e. The van der Waals surface area contributed by atoms with Gasteiger partial charge in [0.2, 0.25) is 0 Å². The van der Waals surface area contributed by atoms with Crippen molar-refractivity contribution in [1.82, 2.24) is 15.2 Å². The average Bonchev–Trinajstić information content (AvgIpc) is 3.06. The van der Waals surface area contributed by atoms with Crippen molar-refractivity contribution in [3.63, 3.8) is 0 Å². The first kappa shape index (κ1) is 10.9. The lowest BCUT2D eigenvalue weighted by Gasteiger charge is -2.00. The maximum atomic E-state index is 8.99. The number of nitrogens with one attached hydrogen (secondary N) is 1. The van der Waals surface area contributed by atoms with Crippen LogP contribution < -0.4 is 0 Å². The van der Waals surface area contributed by atoms with Crippen LogP contribution >= 0.6 is 0 Å². The van der Waals surface area contributed by atoms with Gasteiger partial charge in [0.05, 0.1) is 23.0 Å². The molecule has 2 heterocycles. The largest absolute Gasteiger partial charge is 0.277 e. The van der Waals surface area contributed by atoms with Gasteiger partial charge >= 0.3 is 0 Å². The molecule has 1 N–H and O–H groups in total. The first-order valence-corrected chi connectivity index (χ1v) is 6.38. The Morgan fingerprint density at radius 2 is 2.20 bits per heavy atom. The van der Waals surface area contributed by atoms with E-state index in [2.05, 4.69) is 21.3 Å². The molecule has 0 amide bonds. The van der Waals surface area contributed by atoms with Crippen LogP contribution in [0.2, 0.25) is 0 Å². The Kier molecular flexibility index (Phi) is 2.21. The zero-order valence-electron chi connectivity index (χ0n) is 10.6. The molecule has 1 aliphatic carbocycles. The number of nitriles is 1. The molecule has 0 fully saturated rings. The molecular weight excluding hydrogens is 248 g/mol. The highest BCUT2D eigenvalue weighted by atomic mass is 15.1. The van der Waals surface area contributed by atoms with Crippen molar-refractivity contribution in [1.29, 1.82) is 5.26 Å². The van der Waals surface area contributed by atoms with Gasteiger partial charge in [-0.2, -0.15) is 10.4 Å². The Balaban J connectivity index is 1.86. The lowest BCUT2D eigenvalue weighted by atomic mass is 10.1. The summed E-state index contributed by atoms with van der Waals surface area (Å²) in [5.41, 5.74) is 7.22. The fourth-order valence-electron chi connectivity index (χ4n) is 2.75. The SMILES string of the molecule is N#Cc1ccc2c(c1)Cc1c(-c3cccnc3)n[nH]c1-2. The first-order valence-electron chi connectivity index (χ1n) is 6.38. The fraction of sp³-hybridized carbons (Fsp3) is 0.0625. The van der Waals surface area contributed by atoms with Crippen LogP contribution in [-0.2, 0) is 6.42 Å². The number of pyridine rings is 1. The second-order valence-electron chi connectivity index (χ2n) is 4.83. The Hall–Kier alpha value is -2.93. The van der Waals surface area contributed by atoms with Crippen molar-refractivity contribution < 1.29 is 0 Å². The van der Waals surface area contributed by atoms with Crippen LogP contribution in [0.25, 0.3) is 22.5 Å². The number of aromatic amines is 1. The summed E-state index contributed by atoms with van der Waals surface area (Å²) in [4.78, 5) is 4.15. The number of nitrogens with zero attached hydrogens (tertiary/aromatic N) is 3. The van der Waals surface area contributed by atoms with Crippen LogP contribution in [-0.4, -0.2) is 15.2 Å². The van der Waals surface area contributed by atoms with Crippen LogP contribution in [0.15, 0.2) is 42.7 Å². The highest BCUT2D eigenvalue weighted by molar-refractivity contribution is 5.81. The van der Waals surface area contributed by atoms with Crippen molar-refractivity contribution in [2.75, 3.05) is 0 Å². The minimum absolute atomic E-state index is 0.699. The lowest BCUT2D eigenvalue weighted by molar-refractivity contribution is 1.09. The van der Waals surface area contributed by atoms with Gasteiger partial charge in [-0.05, 0) is 29.8 Å². The zero-order valence-corrected chi connectivity index (χ0v) is 10.6. The van der Waals surface area contributed by atoms with Crippen LogP contribution in [0, 0.1) is 11.3 Å². The quantitative estimate of drug-likeness (QED) is 0.571. The molecule has 3 aromatic rings. The van der Waals surface area contributed by atoms with Gasteiger partial charge in [-0.1, -0.05) is 6.07 Å². The topological polar surface area (TPSA) is 65.4 Å². The maximum absolute atomic E-state index is 8.99. The predicted octanol–water partition coefficient (Wildman–Crippen LogP) is 2.91. The number of aromatic nitrogens is 3. The van der Waals surface area contributed by atoms with Crippen molar-refractivity contribution in [2.24, 2.45) is 0 Å². The Bertz CT molecular complexity index is 841. The highest BCUT2D eigenvalue weighted by Crippen LogP contribution is 2.39. The van der Waals surface area contributed by atoms with E-state index in [9.17, 15) is 0 Å². The molecule has 94 valence electrons. The minimum atomic E-state index is 0.699. The van der Waals surface area contributed by atoms with Crippen molar-refractivity contribution in [3.05, 3.63) is 59.4 Å². The monoisotopic (exact) mass is 258 g/mol. The molecule has 0 unspecified atom stereocenters. The van der Waals surface area contributed by atoms with E-state index in [1.807, 2.05) is 36.5 Å². The number of benzene rings is 1. The molecule has 0 spiro atoms. The maximum Gasteiger partial charge on any atom is 0.0991 e. The third-order valence-corrected chi connectivity index (χ3v) is 3.67. The van der Waals surface area contributed by atoms with Crippen molar-refractivity contribution >= 4 is 0 Å². The molecule has 0 radical (unpaired) electrons. The van der Waals surface area contributed by atoms with Crippen molar-refractivity contribution in [3.8, 4) is 28.6 Å². The molecule has 0 atom stereocenters. The second-order valence-corrected chi connectivity index (χ2v) is 4.83. The van der Waals surface area contributed by atoms with Crippen LogP contribution in [0.4, 0.5) is 0 Å². The smallest absolute Gasteiger partial charge is 0.0991 e. The Morgan fingerprint density at radius 3 is 3.00 bits per heavy atom. The van der Waals surface area contributed by atoms with E-state index in [4.69, 9.17) is 5.26 Å². The van der Waals surface area contributed by atoms with E-state index in [1.54, 1.807) is 6.20 Å². The highest BCUT2D eigenvalue weighted by Gasteiger charge is 2.25. The summed E-state index contributed by atoms with van der Waals surface area (Å²) in [6, 6.07) is 11.9. The number of rotatable bonds is 1. The summed E-state index contributed by atoms with van der Waals surface area (Å²) in [6.45, 7) is 0. The predicted molar refractivity (Wildman–Crippen MR) is 74.8 cm³/mol. The third kappa shape index (κ3) is 1.47. The summed E-state index contributed by atoms with van der Waals surface area (Å²) in [5.74, 6) is 0. The molecular formula is C16H10N4. The molecule has 20 heavy (non-hydrogen) atoms. The molecule has 0 bridgehead atoms. The normalized spacial score (nSPS) is 11.8. The van der Waals surface area contributed by atoms with E-state index >= 15 is 0 Å². The first-order chi connectivity index (χ1) is 9.86. The third-order valence-electron chi connectivity index (χ3n) is 3.67. The molecule has 1 aromatic carbocycles. The molecule has 2 aromatic heterocycles. The zero-order chi connectivity index (χ0) is 13.5. The molecule has 1 aliphatic rings. The summed E-state index contributed by atoms with van der Waals surface area (Å²) in [5, 5.41) is 16.5. The lowest BCUT2D eigenvalue weighted by Crippen LogP contribution is -1.88. The number of hydrogen-bond acceptors (Lipinski definition) is 3. The number of hydrogen-bond donors (Lipinski definition) is 1. The van der Waals surface area contributed by atoms with Crippen LogP contribution in [0.1, 0.15) is 16.7 Å². The van der Waals surface area contributed by atoms with E-state index in [1.165, 1.54) is 11.1 Å².